The van der Waals surface area contributed by atoms with Crippen LogP contribution in [0.3, 0.4) is 0 Å². The second-order valence-corrected chi connectivity index (χ2v) is 19.8. The number of rotatable bonds is 20. The monoisotopic (exact) mass is 795 g/mol. The number of hydrogen-bond donors (Lipinski definition) is 3. The summed E-state index contributed by atoms with van der Waals surface area (Å²) in [5.41, 5.74) is 2.04. The standard InChI is InChI=1S/C50H82O7/c1-8-9-10-11-12-13-14-15-16-17-18-19-20-21-44(51)55-33-43-45(52)46(53)47(54)48(57-43)56-38-28-30-49(6)37(32-38)24-25-39-41-27-26-40(50(41,7)31-29-42(39)49)36(5)23-22-35(4)34(2)3/h10-11,13-14,22-24,34-36,38-43,45-48,52-54H,8-9,12,15-21,25-33H2,1-7H3/b11-10-,14-13-,23-22+. The Kier molecular flexibility index (Phi) is 17.6. The van der Waals surface area contributed by atoms with Gasteiger partial charge in [-0.05, 0) is 136 Å². The number of aliphatic hydroxyl groups is 3. The summed E-state index contributed by atoms with van der Waals surface area (Å²) in [7, 11) is 0. The third-order valence-corrected chi connectivity index (χ3v) is 15.8. The maximum Gasteiger partial charge on any atom is 0.305 e. The first-order valence-electron chi connectivity index (χ1n) is 23.5. The first-order valence-corrected chi connectivity index (χ1v) is 23.5. The van der Waals surface area contributed by atoms with E-state index in [1.165, 1.54) is 37.7 Å². The lowest BCUT2D eigenvalue weighted by molar-refractivity contribution is -0.313. The van der Waals surface area contributed by atoms with E-state index >= 15 is 0 Å². The molecule has 1 heterocycles. The number of aliphatic hydroxyl groups excluding tert-OH is 3. The lowest BCUT2D eigenvalue weighted by atomic mass is 9.47. The molecule has 0 aromatic rings. The Hall–Kier alpha value is -1.77. The van der Waals surface area contributed by atoms with Crippen LogP contribution in [0.15, 0.2) is 48.1 Å². The Morgan fingerprint density at radius 2 is 1.60 bits per heavy atom. The molecule has 4 fully saturated rings. The average Bonchev–Trinajstić information content (AvgIpc) is 3.55. The third-order valence-electron chi connectivity index (χ3n) is 15.8. The van der Waals surface area contributed by atoms with Crippen LogP contribution in [0, 0.1) is 52.3 Å². The van der Waals surface area contributed by atoms with Crippen LogP contribution in [0.4, 0.5) is 0 Å². The molecule has 0 spiro atoms. The molecule has 1 saturated heterocycles. The predicted molar refractivity (Wildman–Crippen MR) is 230 cm³/mol. The summed E-state index contributed by atoms with van der Waals surface area (Å²) >= 11 is 0. The number of esters is 1. The smallest absolute Gasteiger partial charge is 0.305 e. The van der Waals surface area contributed by atoms with Gasteiger partial charge in [0.25, 0.3) is 0 Å². The Morgan fingerprint density at radius 3 is 2.35 bits per heavy atom. The van der Waals surface area contributed by atoms with E-state index in [9.17, 15) is 20.1 Å². The van der Waals surface area contributed by atoms with Gasteiger partial charge in [0.15, 0.2) is 6.29 Å². The highest BCUT2D eigenvalue weighted by atomic mass is 16.7. The fraction of sp³-hybridized carbons (Fsp3) is 0.820. The van der Waals surface area contributed by atoms with Crippen molar-refractivity contribution in [3.05, 3.63) is 48.1 Å². The molecule has 4 aliphatic carbocycles. The molecular formula is C50H82O7. The molecule has 0 bridgehead atoms. The molecule has 7 nitrogen and oxygen atoms in total. The van der Waals surface area contributed by atoms with Crippen molar-refractivity contribution in [2.24, 2.45) is 52.3 Å². The molecule has 0 radical (unpaired) electrons. The molecule has 3 saturated carbocycles. The zero-order valence-electron chi connectivity index (χ0n) is 37.0. The summed E-state index contributed by atoms with van der Waals surface area (Å²) in [5.74, 6) is 4.52. The zero-order valence-corrected chi connectivity index (χ0v) is 37.0. The van der Waals surface area contributed by atoms with Gasteiger partial charge in [0.05, 0.1) is 6.10 Å². The van der Waals surface area contributed by atoms with Crippen LogP contribution in [-0.4, -0.2) is 64.7 Å². The molecule has 57 heavy (non-hydrogen) atoms. The van der Waals surface area contributed by atoms with Gasteiger partial charge in [-0.2, -0.15) is 0 Å². The van der Waals surface area contributed by atoms with Crippen molar-refractivity contribution in [2.45, 2.75) is 201 Å². The number of carbonyl (C=O) groups excluding carboxylic acids is 1. The van der Waals surface area contributed by atoms with Crippen molar-refractivity contribution in [1.82, 2.24) is 0 Å². The van der Waals surface area contributed by atoms with E-state index in [1.54, 1.807) is 0 Å². The van der Waals surface area contributed by atoms with E-state index in [4.69, 9.17) is 14.2 Å². The Labute approximate surface area is 347 Å². The minimum atomic E-state index is -1.45. The van der Waals surface area contributed by atoms with Gasteiger partial charge >= 0.3 is 5.97 Å². The third kappa shape index (κ3) is 11.5. The summed E-state index contributed by atoms with van der Waals surface area (Å²) in [6.07, 6.45) is 29.1. The molecule has 5 aliphatic rings. The lowest BCUT2D eigenvalue weighted by Gasteiger charge is -2.58. The molecule has 3 N–H and O–H groups in total. The Morgan fingerprint density at radius 1 is 0.860 bits per heavy atom. The number of allylic oxidation sites excluding steroid dienone is 7. The number of unbranched alkanes of at least 4 members (excludes halogenated alkanes) is 6. The van der Waals surface area contributed by atoms with Crippen molar-refractivity contribution in [3.8, 4) is 0 Å². The molecule has 0 aromatic carbocycles. The van der Waals surface area contributed by atoms with Crippen LogP contribution >= 0.6 is 0 Å². The van der Waals surface area contributed by atoms with Gasteiger partial charge in [-0.3, -0.25) is 4.79 Å². The molecule has 324 valence electrons. The molecule has 0 amide bonds. The van der Waals surface area contributed by atoms with Gasteiger partial charge in [-0.25, -0.2) is 0 Å². The van der Waals surface area contributed by atoms with Gasteiger partial charge < -0.3 is 29.5 Å². The molecule has 14 unspecified atom stereocenters. The van der Waals surface area contributed by atoms with Crippen LogP contribution in [0.5, 0.6) is 0 Å². The molecule has 5 rings (SSSR count). The average molecular weight is 795 g/mol. The second kappa shape index (κ2) is 21.7. The highest BCUT2D eigenvalue weighted by molar-refractivity contribution is 5.69. The number of ether oxygens (including phenoxy) is 3. The van der Waals surface area contributed by atoms with E-state index in [0.717, 1.165) is 94.8 Å². The maximum atomic E-state index is 12.6. The van der Waals surface area contributed by atoms with Crippen molar-refractivity contribution in [3.63, 3.8) is 0 Å². The van der Waals surface area contributed by atoms with Crippen LogP contribution in [0.1, 0.15) is 164 Å². The van der Waals surface area contributed by atoms with Crippen molar-refractivity contribution < 1.29 is 34.3 Å². The van der Waals surface area contributed by atoms with E-state index in [0.29, 0.717) is 35.5 Å². The van der Waals surface area contributed by atoms with E-state index in [2.05, 4.69) is 91.0 Å². The van der Waals surface area contributed by atoms with Crippen LogP contribution in [-0.2, 0) is 19.0 Å². The lowest BCUT2D eigenvalue weighted by Crippen LogP contribution is -2.60. The van der Waals surface area contributed by atoms with Crippen molar-refractivity contribution >= 4 is 5.97 Å². The van der Waals surface area contributed by atoms with Gasteiger partial charge in [0.1, 0.15) is 31.0 Å². The van der Waals surface area contributed by atoms with Gasteiger partial charge in [-0.15, -0.1) is 0 Å². The van der Waals surface area contributed by atoms with E-state index in [1.807, 2.05) is 0 Å². The van der Waals surface area contributed by atoms with Crippen LogP contribution < -0.4 is 0 Å². The van der Waals surface area contributed by atoms with Crippen LogP contribution in [0.25, 0.3) is 0 Å². The molecular weight excluding hydrogens is 713 g/mol. The highest BCUT2D eigenvalue weighted by Gasteiger charge is 2.59. The first-order chi connectivity index (χ1) is 27.3. The van der Waals surface area contributed by atoms with Crippen LogP contribution in [0.2, 0.25) is 0 Å². The topological polar surface area (TPSA) is 105 Å². The SMILES string of the molecule is CCC/C=C\C/C=C\CCCCCCCC(=O)OCC1OC(OC2CCC3(C)C(=CCC4C3CCC3(C)C(C(C)/C=C/C(C)C(C)C)CCC43)C2)C(O)C(O)C1O. The zero-order chi connectivity index (χ0) is 41.2. The van der Waals surface area contributed by atoms with Gasteiger partial charge in [-0.1, -0.05) is 122 Å². The summed E-state index contributed by atoms with van der Waals surface area (Å²) in [4.78, 5) is 12.6. The first kappa shape index (κ1) is 46.3. The Balaban J connectivity index is 1.06. The summed E-state index contributed by atoms with van der Waals surface area (Å²) < 4.78 is 18.0. The van der Waals surface area contributed by atoms with Crippen molar-refractivity contribution in [2.75, 3.05) is 6.61 Å². The largest absolute Gasteiger partial charge is 0.463 e. The minimum absolute atomic E-state index is 0.152. The van der Waals surface area contributed by atoms with E-state index < -0.39 is 30.7 Å². The molecule has 7 heteroatoms. The molecule has 14 atom stereocenters. The fourth-order valence-electron chi connectivity index (χ4n) is 11.7. The number of fused-ring (bicyclic) bond motifs is 5. The van der Waals surface area contributed by atoms with E-state index in [-0.39, 0.29) is 24.1 Å². The minimum Gasteiger partial charge on any atom is -0.463 e. The van der Waals surface area contributed by atoms with Gasteiger partial charge in [0.2, 0.25) is 0 Å². The second-order valence-electron chi connectivity index (χ2n) is 19.8. The molecule has 0 aromatic heterocycles. The Bertz CT molecular complexity index is 1370. The summed E-state index contributed by atoms with van der Waals surface area (Å²) in [6.45, 7) is 16.6. The summed E-state index contributed by atoms with van der Waals surface area (Å²) in [6, 6.07) is 0. The summed E-state index contributed by atoms with van der Waals surface area (Å²) in [5, 5.41) is 32.4. The highest BCUT2D eigenvalue weighted by Crippen LogP contribution is 2.67. The predicted octanol–water partition coefficient (Wildman–Crippen LogP) is 10.8. The number of carbonyl (C=O) groups is 1. The normalized spacial score (nSPS) is 38.0. The van der Waals surface area contributed by atoms with Gasteiger partial charge in [0, 0.05) is 6.42 Å². The molecule has 1 aliphatic heterocycles. The maximum absolute atomic E-state index is 12.6. The van der Waals surface area contributed by atoms with Crippen molar-refractivity contribution in [1.29, 1.82) is 0 Å². The number of hydrogen-bond acceptors (Lipinski definition) is 7. The fourth-order valence-corrected chi connectivity index (χ4v) is 11.7. The quantitative estimate of drug-likeness (QED) is 0.0640.